The van der Waals surface area contributed by atoms with Crippen molar-refractivity contribution >= 4 is 5.69 Å². The van der Waals surface area contributed by atoms with Gasteiger partial charge in [-0.1, -0.05) is 6.07 Å². The molecule has 1 saturated carbocycles. The summed E-state index contributed by atoms with van der Waals surface area (Å²) in [5.41, 5.74) is 13.4. The number of benzene rings is 2. The van der Waals surface area contributed by atoms with Crippen LogP contribution in [0.25, 0.3) is 0 Å². The van der Waals surface area contributed by atoms with Crippen LogP contribution >= 0.6 is 0 Å². The van der Waals surface area contributed by atoms with Gasteiger partial charge < -0.3 is 21.5 Å². The summed E-state index contributed by atoms with van der Waals surface area (Å²) < 4.78 is 34.3. The van der Waals surface area contributed by atoms with Crippen LogP contribution in [0.1, 0.15) is 36.8 Å². The number of rotatable bonds is 5. The quantitative estimate of drug-likeness (QED) is 0.704. The number of halogens is 2. The maximum absolute atomic E-state index is 14.8. The smallest absolute Gasteiger partial charge is 0.198 e. The topological polar surface area (TPSA) is 73.3 Å². The first-order valence-electron chi connectivity index (χ1n) is 8.94. The maximum atomic E-state index is 14.8. The summed E-state index contributed by atoms with van der Waals surface area (Å²) in [5.74, 6) is -1.45. The Morgan fingerprint density at radius 2 is 1.85 bits per heavy atom. The van der Waals surface area contributed by atoms with Gasteiger partial charge in [-0.15, -0.1) is 0 Å². The maximum Gasteiger partial charge on any atom is 0.198 e. The molecule has 0 heterocycles. The van der Waals surface area contributed by atoms with E-state index >= 15 is 0 Å². The molecule has 3 rings (SSSR count). The zero-order chi connectivity index (χ0) is 18.7. The van der Waals surface area contributed by atoms with Gasteiger partial charge in [0.15, 0.2) is 17.4 Å². The van der Waals surface area contributed by atoms with E-state index in [-0.39, 0.29) is 11.8 Å². The minimum atomic E-state index is -0.732. The van der Waals surface area contributed by atoms with Crippen molar-refractivity contribution in [1.82, 2.24) is 5.32 Å². The first kappa shape index (κ1) is 18.6. The lowest BCUT2D eigenvalue weighted by Crippen LogP contribution is -2.37. The summed E-state index contributed by atoms with van der Waals surface area (Å²) in [7, 11) is 0. The van der Waals surface area contributed by atoms with Crippen LogP contribution in [-0.4, -0.2) is 12.1 Å². The molecule has 5 N–H and O–H groups in total. The van der Waals surface area contributed by atoms with Gasteiger partial charge in [0.2, 0.25) is 0 Å². The second kappa shape index (κ2) is 8.01. The average molecular weight is 361 g/mol. The third kappa shape index (κ3) is 4.31. The molecule has 0 unspecified atom stereocenters. The van der Waals surface area contributed by atoms with Crippen LogP contribution in [0.4, 0.5) is 14.5 Å². The van der Waals surface area contributed by atoms with Crippen molar-refractivity contribution in [3.63, 3.8) is 0 Å². The first-order chi connectivity index (χ1) is 12.4. The third-order valence-corrected chi connectivity index (χ3v) is 4.94. The van der Waals surface area contributed by atoms with Crippen LogP contribution in [0.3, 0.4) is 0 Å². The van der Waals surface area contributed by atoms with E-state index in [0.29, 0.717) is 29.6 Å². The molecule has 1 aliphatic carbocycles. The number of hydrogen-bond acceptors (Lipinski definition) is 4. The number of anilines is 1. The predicted molar refractivity (Wildman–Crippen MR) is 99.1 cm³/mol. The molecule has 0 atom stereocenters. The van der Waals surface area contributed by atoms with Crippen molar-refractivity contribution in [3.8, 4) is 11.5 Å². The van der Waals surface area contributed by atoms with Crippen LogP contribution in [-0.2, 0) is 6.54 Å². The van der Waals surface area contributed by atoms with E-state index in [9.17, 15) is 8.78 Å². The summed E-state index contributed by atoms with van der Waals surface area (Å²) in [5, 5.41) is 3.34. The molecular formula is C20H25F2N3O. The summed E-state index contributed by atoms with van der Waals surface area (Å²) in [6, 6.07) is 8.16. The van der Waals surface area contributed by atoms with E-state index in [4.69, 9.17) is 16.2 Å². The molecule has 4 nitrogen and oxygen atoms in total. The third-order valence-electron chi connectivity index (χ3n) is 4.94. The number of hydrogen-bond donors (Lipinski definition) is 3. The second-order valence-corrected chi connectivity index (χ2v) is 6.96. The van der Waals surface area contributed by atoms with Gasteiger partial charge >= 0.3 is 0 Å². The Labute approximate surface area is 152 Å². The van der Waals surface area contributed by atoms with Crippen molar-refractivity contribution in [3.05, 3.63) is 53.1 Å². The normalized spacial score (nSPS) is 20.2. The first-order valence-corrected chi connectivity index (χ1v) is 8.94. The Balaban J connectivity index is 1.72. The Hall–Kier alpha value is -2.18. The van der Waals surface area contributed by atoms with Crippen LogP contribution in [0.2, 0.25) is 0 Å². The number of nitrogens with two attached hydrogens (primary N) is 2. The van der Waals surface area contributed by atoms with E-state index in [1.54, 1.807) is 18.2 Å². The fourth-order valence-corrected chi connectivity index (χ4v) is 3.21. The van der Waals surface area contributed by atoms with Gasteiger partial charge in [-0.25, -0.2) is 8.78 Å². The standard InChI is InChI=1S/C20H25F2N3O/c1-12-10-16(7-9-18(12)24)26-20-17(21)8-2-13(19(20)22)11-25-15-5-3-14(23)4-6-15/h2,7-10,14-15,25H,3-6,11,23-24H2,1H3. The SMILES string of the molecule is Cc1cc(Oc2c(F)ccc(CNC3CCC(N)CC3)c2F)ccc1N. The molecular weight excluding hydrogens is 336 g/mol. The molecule has 1 aliphatic rings. The van der Waals surface area contributed by atoms with Gasteiger partial charge in [0.05, 0.1) is 0 Å². The van der Waals surface area contributed by atoms with Crippen molar-refractivity contribution in [2.24, 2.45) is 5.73 Å². The highest BCUT2D eigenvalue weighted by molar-refractivity contribution is 5.50. The minimum Gasteiger partial charge on any atom is -0.451 e. The molecule has 1 fully saturated rings. The van der Waals surface area contributed by atoms with Gasteiger partial charge in [-0.2, -0.15) is 0 Å². The van der Waals surface area contributed by atoms with Crippen LogP contribution in [0, 0.1) is 18.6 Å². The summed E-state index contributed by atoms with van der Waals surface area (Å²) in [6.07, 6.45) is 3.87. The largest absolute Gasteiger partial charge is 0.451 e. The molecule has 2 aromatic carbocycles. The van der Waals surface area contributed by atoms with Crippen molar-refractivity contribution < 1.29 is 13.5 Å². The van der Waals surface area contributed by atoms with Gasteiger partial charge in [-0.3, -0.25) is 0 Å². The van der Waals surface area contributed by atoms with E-state index in [0.717, 1.165) is 31.2 Å². The Morgan fingerprint density at radius 3 is 2.54 bits per heavy atom. The fraction of sp³-hybridized carbons (Fsp3) is 0.400. The lowest BCUT2D eigenvalue weighted by atomic mass is 9.92. The molecule has 0 radical (unpaired) electrons. The number of nitrogens with one attached hydrogen (secondary N) is 1. The number of ether oxygens (including phenoxy) is 1. The van der Waals surface area contributed by atoms with Crippen LogP contribution in [0.15, 0.2) is 30.3 Å². The number of nitrogen functional groups attached to an aromatic ring is 1. The molecule has 0 bridgehead atoms. The van der Waals surface area contributed by atoms with Crippen molar-refractivity contribution in [1.29, 1.82) is 0 Å². The second-order valence-electron chi connectivity index (χ2n) is 6.96. The molecule has 0 aromatic heterocycles. The zero-order valence-electron chi connectivity index (χ0n) is 14.9. The van der Waals surface area contributed by atoms with Gasteiger partial charge in [-0.05, 0) is 62.4 Å². The Morgan fingerprint density at radius 1 is 1.12 bits per heavy atom. The molecule has 0 spiro atoms. The van der Waals surface area contributed by atoms with Crippen molar-refractivity contribution in [2.45, 2.75) is 51.2 Å². The number of aryl methyl sites for hydroxylation is 1. The fourth-order valence-electron chi connectivity index (χ4n) is 3.21. The Kier molecular flexibility index (Phi) is 5.74. The van der Waals surface area contributed by atoms with E-state index in [1.165, 1.54) is 12.1 Å². The monoisotopic (exact) mass is 361 g/mol. The highest BCUT2D eigenvalue weighted by Crippen LogP contribution is 2.31. The minimum absolute atomic E-state index is 0.263. The average Bonchev–Trinajstić information content (AvgIpc) is 2.62. The predicted octanol–water partition coefficient (Wildman–Crippen LogP) is 4.01. The highest BCUT2D eigenvalue weighted by Gasteiger charge is 2.20. The molecule has 0 aliphatic heterocycles. The van der Waals surface area contributed by atoms with Crippen LogP contribution in [0.5, 0.6) is 11.5 Å². The summed E-state index contributed by atoms with van der Waals surface area (Å²) >= 11 is 0. The highest BCUT2D eigenvalue weighted by atomic mass is 19.1. The lowest BCUT2D eigenvalue weighted by Gasteiger charge is -2.27. The van der Waals surface area contributed by atoms with Crippen molar-refractivity contribution in [2.75, 3.05) is 5.73 Å². The van der Waals surface area contributed by atoms with E-state index < -0.39 is 11.6 Å². The molecule has 6 heteroatoms. The molecule has 2 aromatic rings. The summed E-state index contributed by atoms with van der Waals surface area (Å²) in [6.45, 7) is 2.13. The molecule has 26 heavy (non-hydrogen) atoms. The Bertz CT molecular complexity index is 774. The van der Waals surface area contributed by atoms with E-state index in [2.05, 4.69) is 5.32 Å². The van der Waals surface area contributed by atoms with E-state index in [1.807, 2.05) is 6.92 Å². The molecule has 0 amide bonds. The zero-order valence-corrected chi connectivity index (χ0v) is 14.9. The lowest BCUT2D eigenvalue weighted by molar-refractivity contribution is 0.338. The van der Waals surface area contributed by atoms with Gasteiger partial charge in [0, 0.05) is 29.9 Å². The molecule has 0 saturated heterocycles. The van der Waals surface area contributed by atoms with Crippen LogP contribution < -0.4 is 21.5 Å². The van der Waals surface area contributed by atoms with Gasteiger partial charge in [0.25, 0.3) is 0 Å². The summed E-state index contributed by atoms with van der Waals surface area (Å²) in [4.78, 5) is 0. The van der Waals surface area contributed by atoms with Gasteiger partial charge in [0.1, 0.15) is 5.75 Å². The molecule has 140 valence electrons.